The molecule has 0 aromatic heterocycles. The molecule has 168 valence electrons. The molecule has 0 spiro atoms. The van der Waals surface area contributed by atoms with Gasteiger partial charge in [-0.25, -0.2) is 0 Å². The van der Waals surface area contributed by atoms with Crippen molar-refractivity contribution in [1.29, 1.82) is 0 Å². The Morgan fingerprint density at radius 3 is 1.87 bits per heavy atom. The maximum Gasteiger partial charge on any atom is 0.324 e. The fraction of sp³-hybridized carbons (Fsp3) is 0.680. The van der Waals surface area contributed by atoms with Crippen LogP contribution < -0.4 is 0 Å². The van der Waals surface area contributed by atoms with Crippen LogP contribution in [-0.4, -0.2) is 22.5 Å². The number of ketones is 1. The Hall–Kier alpha value is -1.54. The van der Waals surface area contributed by atoms with Gasteiger partial charge in [0, 0.05) is 12.0 Å². The van der Waals surface area contributed by atoms with Crippen LogP contribution in [0.1, 0.15) is 94.8 Å². The van der Waals surface area contributed by atoms with Gasteiger partial charge in [0.25, 0.3) is 0 Å². The van der Waals surface area contributed by atoms with E-state index < -0.39 is 16.7 Å². The highest BCUT2D eigenvalue weighted by Crippen LogP contribution is 2.41. The van der Waals surface area contributed by atoms with E-state index in [-0.39, 0.29) is 32.0 Å². The molecular formula is C25H39O4P. The van der Waals surface area contributed by atoms with Gasteiger partial charge in [-0.3, -0.25) is 14.2 Å². The normalized spacial score (nSPS) is 15.5. The molecule has 0 heterocycles. The predicted octanol–water partition coefficient (Wildman–Crippen LogP) is 7.02. The van der Waals surface area contributed by atoms with Crippen molar-refractivity contribution in [3.8, 4) is 0 Å². The van der Waals surface area contributed by atoms with E-state index in [9.17, 15) is 14.2 Å². The summed E-state index contributed by atoms with van der Waals surface area (Å²) in [6.07, 6.45) is 1.05. The van der Waals surface area contributed by atoms with Crippen LogP contribution in [0.4, 0.5) is 0 Å². The number of hydrogen-bond acceptors (Lipinski definition) is 4. The topological polar surface area (TPSA) is 60.4 Å². The lowest BCUT2D eigenvalue weighted by Crippen LogP contribution is -2.42. The van der Waals surface area contributed by atoms with E-state index in [1.54, 1.807) is 20.8 Å². The molecule has 1 aromatic carbocycles. The quantitative estimate of drug-likeness (QED) is 0.251. The Labute approximate surface area is 184 Å². The molecule has 1 aromatic rings. The summed E-state index contributed by atoms with van der Waals surface area (Å²) in [5.74, 6) is -0.627. The fourth-order valence-corrected chi connectivity index (χ4v) is 5.09. The maximum atomic E-state index is 13.4. The Kier molecular flexibility index (Phi) is 8.59. The lowest BCUT2D eigenvalue weighted by Gasteiger charge is -2.33. The number of ether oxygens (including phenoxy) is 1. The molecule has 4 nitrogen and oxygen atoms in total. The number of esters is 1. The Morgan fingerprint density at radius 1 is 0.967 bits per heavy atom. The minimum Gasteiger partial charge on any atom is -0.459 e. The van der Waals surface area contributed by atoms with Crippen LogP contribution in [0.3, 0.4) is 0 Å². The first kappa shape index (κ1) is 26.5. The third-order valence-electron chi connectivity index (χ3n) is 5.01. The zero-order chi connectivity index (χ0) is 23.5. The van der Waals surface area contributed by atoms with Gasteiger partial charge in [0.15, 0.2) is 19.4 Å². The minimum atomic E-state index is -1.39. The highest BCUT2D eigenvalue weighted by molar-refractivity contribution is 7.28. The molecule has 0 saturated heterocycles. The summed E-state index contributed by atoms with van der Waals surface area (Å²) in [7, 11) is -0.369. The summed E-state index contributed by atoms with van der Waals surface area (Å²) < 4.78 is 18.1. The highest BCUT2D eigenvalue weighted by atomic mass is 31.1. The molecule has 0 radical (unpaired) electrons. The molecule has 0 aliphatic rings. The Bertz CT molecular complexity index is 775. The van der Waals surface area contributed by atoms with Crippen LogP contribution in [0.5, 0.6) is 0 Å². The molecule has 2 atom stereocenters. The van der Waals surface area contributed by atoms with Gasteiger partial charge in [-0.05, 0) is 76.8 Å². The highest BCUT2D eigenvalue weighted by Gasteiger charge is 2.46. The molecule has 5 heteroatoms. The summed E-state index contributed by atoms with van der Waals surface area (Å²) in [6.45, 7) is 19.6. The summed E-state index contributed by atoms with van der Waals surface area (Å²) >= 11 is 0. The van der Waals surface area contributed by atoms with E-state index in [2.05, 4.69) is 20.8 Å². The summed E-state index contributed by atoms with van der Waals surface area (Å²) in [5, 5.41) is -1.39. The van der Waals surface area contributed by atoms with Gasteiger partial charge in [0.2, 0.25) is 0 Å². The standard InChI is InChI=1S/C25H39O4P/c1-16-11-18(3)21(19(4)12-16)20(26)15-25(30-28,22(27)29-24(8,9)10)14-17(2)13-23(5,6)7/h11-12,17H,13-15H2,1-10H3. The monoisotopic (exact) mass is 434 g/mol. The summed E-state index contributed by atoms with van der Waals surface area (Å²) in [4.78, 5) is 26.6. The van der Waals surface area contributed by atoms with E-state index >= 15 is 0 Å². The predicted molar refractivity (Wildman–Crippen MR) is 124 cm³/mol. The Morgan fingerprint density at radius 2 is 1.47 bits per heavy atom. The smallest absolute Gasteiger partial charge is 0.324 e. The zero-order valence-electron chi connectivity index (χ0n) is 20.4. The molecule has 0 amide bonds. The SMILES string of the molecule is Cc1cc(C)c(C(=O)CC(CC(C)CC(C)(C)C)(P=O)C(=O)OC(C)(C)C)c(C)c1. The van der Waals surface area contributed by atoms with Crippen molar-refractivity contribution >= 4 is 20.2 Å². The number of hydrogen-bond donors (Lipinski definition) is 0. The number of aryl methyl sites for hydroxylation is 3. The van der Waals surface area contributed by atoms with Crippen molar-refractivity contribution in [1.82, 2.24) is 0 Å². The fourth-order valence-electron chi connectivity index (χ4n) is 4.38. The second-order valence-electron chi connectivity index (χ2n) is 11.1. The van der Waals surface area contributed by atoms with E-state index in [1.165, 1.54) is 0 Å². The number of carbonyl (C=O) groups excluding carboxylic acids is 2. The van der Waals surface area contributed by atoms with Gasteiger partial charge in [-0.2, -0.15) is 0 Å². The second-order valence-corrected chi connectivity index (χ2v) is 12.1. The van der Waals surface area contributed by atoms with Crippen LogP contribution in [0.15, 0.2) is 12.1 Å². The minimum absolute atomic E-state index is 0.0625. The first-order valence-corrected chi connectivity index (χ1v) is 11.5. The molecule has 0 N–H and O–H groups in total. The molecule has 0 fully saturated rings. The van der Waals surface area contributed by atoms with E-state index in [1.807, 2.05) is 39.8 Å². The van der Waals surface area contributed by atoms with Gasteiger partial charge in [0.05, 0.1) is 0 Å². The maximum absolute atomic E-state index is 13.4. The van der Waals surface area contributed by atoms with E-state index in [0.29, 0.717) is 12.0 Å². The number of Topliss-reactive ketones (excluding diaryl/α,β-unsaturated/α-hetero) is 1. The van der Waals surface area contributed by atoms with Crippen molar-refractivity contribution in [3.05, 3.63) is 34.4 Å². The molecule has 0 aliphatic heterocycles. The third-order valence-corrected chi connectivity index (χ3v) is 5.88. The van der Waals surface area contributed by atoms with E-state index in [4.69, 9.17) is 4.74 Å². The van der Waals surface area contributed by atoms with Crippen LogP contribution in [-0.2, 0) is 14.1 Å². The van der Waals surface area contributed by atoms with Crippen molar-refractivity contribution in [3.63, 3.8) is 0 Å². The Balaban J connectivity index is 3.36. The lowest BCUT2D eigenvalue weighted by molar-refractivity contribution is -0.158. The molecular weight excluding hydrogens is 395 g/mol. The van der Waals surface area contributed by atoms with Crippen LogP contribution >= 0.6 is 8.46 Å². The molecule has 30 heavy (non-hydrogen) atoms. The average Bonchev–Trinajstić information content (AvgIpc) is 2.49. The molecule has 0 bridgehead atoms. The van der Waals surface area contributed by atoms with Crippen molar-refractivity contribution in [2.45, 2.75) is 99.3 Å². The van der Waals surface area contributed by atoms with Crippen LogP contribution in [0.25, 0.3) is 0 Å². The summed E-state index contributed by atoms with van der Waals surface area (Å²) in [5.41, 5.74) is 2.79. The molecule has 1 rings (SSSR count). The van der Waals surface area contributed by atoms with Crippen molar-refractivity contribution < 1.29 is 18.9 Å². The first-order chi connectivity index (χ1) is 13.5. The number of carbonyl (C=O) groups is 2. The van der Waals surface area contributed by atoms with Gasteiger partial charge in [-0.1, -0.05) is 45.4 Å². The van der Waals surface area contributed by atoms with Gasteiger partial charge in [0.1, 0.15) is 5.60 Å². The number of benzene rings is 1. The average molecular weight is 435 g/mol. The van der Waals surface area contributed by atoms with Crippen LogP contribution in [0, 0.1) is 32.1 Å². The largest absolute Gasteiger partial charge is 0.459 e. The van der Waals surface area contributed by atoms with Crippen LogP contribution in [0.2, 0.25) is 0 Å². The first-order valence-electron chi connectivity index (χ1n) is 10.7. The van der Waals surface area contributed by atoms with Gasteiger partial charge >= 0.3 is 5.97 Å². The second kappa shape index (κ2) is 9.73. The molecule has 0 aliphatic carbocycles. The van der Waals surface area contributed by atoms with Gasteiger partial charge < -0.3 is 4.74 Å². The zero-order valence-corrected chi connectivity index (χ0v) is 21.3. The third kappa shape index (κ3) is 7.61. The van der Waals surface area contributed by atoms with E-state index in [0.717, 1.165) is 23.1 Å². The van der Waals surface area contributed by atoms with Gasteiger partial charge in [-0.15, -0.1) is 0 Å². The molecule has 2 unspecified atom stereocenters. The van der Waals surface area contributed by atoms with Crippen molar-refractivity contribution in [2.75, 3.05) is 0 Å². The summed E-state index contributed by atoms with van der Waals surface area (Å²) in [6, 6.07) is 3.93. The number of rotatable bonds is 8. The molecule has 0 saturated carbocycles. The van der Waals surface area contributed by atoms with Crippen molar-refractivity contribution in [2.24, 2.45) is 11.3 Å². The lowest BCUT2D eigenvalue weighted by atomic mass is 9.79.